The van der Waals surface area contributed by atoms with E-state index in [-0.39, 0.29) is 34.8 Å². The van der Waals surface area contributed by atoms with Gasteiger partial charge in [0.2, 0.25) is 11.8 Å². The minimum absolute atomic E-state index is 0.0556. The monoisotopic (exact) mass is 545 g/mol. The van der Waals surface area contributed by atoms with E-state index >= 15 is 0 Å². The fraction of sp³-hybridized carbons (Fsp3) is 0.480. The molecule has 4 rings (SSSR count). The summed E-state index contributed by atoms with van der Waals surface area (Å²) in [4.78, 5) is 50.1. The number of nitrogens with zero attached hydrogens (tertiary/aromatic N) is 4. The Bertz CT molecular complexity index is 1150. The predicted molar refractivity (Wildman–Crippen MR) is 145 cm³/mol. The van der Waals surface area contributed by atoms with Crippen LogP contribution in [0.1, 0.15) is 31.7 Å². The van der Waals surface area contributed by atoms with Gasteiger partial charge >= 0.3 is 6.03 Å². The lowest BCUT2D eigenvalue weighted by molar-refractivity contribution is -0.127. The summed E-state index contributed by atoms with van der Waals surface area (Å²) in [6, 6.07) is 8.70. The summed E-state index contributed by atoms with van der Waals surface area (Å²) in [5, 5.41) is 9.25. The number of carbonyl (C=O) groups excluding carboxylic acids is 3. The van der Waals surface area contributed by atoms with Crippen LogP contribution in [0.5, 0.6) is 0 Å². The predicted octanol–water partition coefficient (Wildman–Crippen LogP) is 3.06. The van der Waals surface area contributed by atoms with Crippen LogP contribution >= 0.6 is 23.4 Å². The molecule has 2 atom stereocenters. The molecule has 0 unspecified atom stereocenters. The van der Waals surface area contributed by atoms with E-state index in [2.05, 4.69) is 30.8 Å². The van der Waals surface area contributed by atoms with E-state index in [1.807, 2.05) is 43.0 Å². The second-order valence-corrected chi connectivity index (χ2v) is 10.6. The number of nitrogens with one attached hydrogen (secondary N) is 3. The summed E-state index contributed by atoms with van der Waals surface area (Å²) in [5.74, 6) is 0.334. The number of hydrogen-bond donors (Lipinski definition) is 3. The summed E-state index contributed by atoms with van der Waals surface area (Å²) >= 11 is 7.45. The van der Waals surface area contributed by atoms with Crippen molar-refractivity contribution in [2.45, 2.75) is 50.4 Å². The van der Waals surface area contributed by atoms with Crippen LogP contribution in [-0.4, -0.2) is 76.7 Å². The van der Waals surface area contributed by atoms with Crippen LogP contribution < -0.4 is 20.9 Å². The van der Waals surface area contributed by atoms with Gasteiger partial charge in [-0.1, -0.05) is 35.5 Å². The Balaban J connectivity index is 1.32. The first-order valence-corrected chi connectivity index (χ1v) is 13.8. The zero-order valence-electron chi connectivity index (χ0n) is 21.0. The highest BCUT2D eigenvalue weighted by atomic mass is 35.5. The molecule has 0 radical (unpaired) electrons. The topological polar surface area (TPSA) is 120 Å². The Morgan fingerprint density at radius 1 is 1.22 bits per heavy atom. The second-order valence-electron chi connectivity index (χ2n) is 9.32. The fourth-order valence-corrected chi connectivity index (χ4v) is 5.33. The van der Waals surface area contributed by atoms with Gasteiger partial charge in [-0.15, -0.1) is 0 Å². The lowest BCUT2D eigenvalue weighted by atomic mass is 10.1. The van der Waals surface area contributed by atoms with Gasteiger partial charge in [0.25, 0.3) is 0 Å². The van der Waals surface area contributed by atoms with Gasteiger partial charge in [-0.2, -0.15) is 0 Å². The molecule has 0 saturated carbocycles. The highest BCUT2D eigenvalue weighted by Crippen LogP contribution is 2.24. The maximum atomic E-state index is 12.9. The van der Waals surface area contributed by atoms with Crippen molar-refractivity contribution in [2.24, 2.45) is 0 Å². The van der Waals surface area contributed by atoms with Gasteiger partial charge in [-0.25, -0.2) is 14.8 Å². The highest BCUT2D eigenvalue weighted by Gasteiger charge is 2.29. The third kappa shape index (κ3) is 7.48. The first kappa shape index (κ1) is 27.0. The van der Waals surface area contributed by atoms with Gasteiger partial charge in [0, 0.05) is 44.0 Å². The number of hydrogen-bond acceptors (Lipinski definition) is 7. The Hall–Kier alpha value is -3.05. The van der Waals surface area contributed by atoms with Crippen LogP contribution in [0.25, 0.3) is 0 Å². The molecule has 3 heterocycles. The van der Waals surface area contributed by atoms with Crippen LogP contribution in [0.3, 0.4) is 0 Å². The number of carbonyl (C=O) groups is 3. The van der Waals surface area contributed by atoms with E-state index in [9.17, 15) is 14.4 Å². The van der Waals surface area contributed by atoms with Crippen molar-refractivity contribution in [3.05, 3.63) is 41.0 Å². The van der Waals surface area contributed by atoms with Gasteiger partial charge in [0.15, 0.2) is 5.16 Å². The zero-order valence-corrected chi connectivity index (χ0v) is 22.6. The minimum atomic E-state index is -0.507. The van der Waals surface area contributed by atoms with E-state index in [1.54, 1.807) is 6.07 Å². The Labute approximate surface area is 225 Å². The maximum Gasteiger partial charge on any atom is 0.322 e. The van der Waals surface area contributed by atoms with Crippen LogP contribution in [0.2, 0.25) is 5.15 Å². The van der Waals surface area contributed by atoms with E-state index in [1.165, 1.54) is 11.8 Å². The molecule has 12 heteroatoms. The fourth-order valence-electron chi connectivity index (χ4n) is 4.44. The molecular weight excluding hydrogens is 514 g/mol. The van der Waals surface area contributed by atoms with Crippen molar-refractivity contribution >= 4 is 52.7 Å². The molecule has 37 heavy (non-hydrogen) atoms. The zero-order chi connectivity index (χ0) is 26.4. The van der Waals surface area contributed by atoms with Crippen LogP contribution in [-0.2, 0) is 9.59 Å². The Morgan fingerprint density at radius 3 is 2.84 bits per heavy atom. The number of halogens is 1. The summed E-state index contributed by atoms with van der Waals surface area (Å²) in [5.41, 5.74) is 1.85. The summed E-state index contributed by atoms with van der Waals surface area (Å²) < 4.78 is 0. The summed E-state index contributed by atoms with van der Waals surface area (Å²) in [7, 11) is 0. The first-order chi connectivity index (χ1) is 17.8. The molecule has 198 valence electrons. The number of anilines is 2. The number of aryl methyl sites for hydroxylation is 1. The molecule has 3 N–H and O–H groups in total. The molecule has 2 aliphatic heterocycles. The Kier molecular flexibility index (Phi) is 9.09. The molecule has 2 fully saturated rings. The van der Waals surface area contributed by atoms with Crippen molar-refractivity contribution in [3.8, 4) is 0 Å². The second kappa shape index (κ2) is 12.5. The molecule has 4 amide bonds. The minimum Gasteiger partial charge on any atom is -0.354 e. The SMILES string of the molecule is Cc1cccc(NC(=O)N2CCN(c3cc(Cl)nc(SCC(=O)N[C@@H]4CCCCNC4=O)n3)C[C@H]2C)c1. The molecule has 0 aliphatic carbocycles. The third-order valence-corrected chi connectivity index (χ3v) is 7.39. The number of rotatable bonds is 6. The van der Waals surface area contributed by atoms with Crippen LogP contribution in [0.15, 0.2) is 35.5 Å². The van der Waals surface area contributed by atoms with E-state index in [4.69, 9.17) is 11.6 Å². The van der Waals surface area contributed by atoms with Gasteiger partial charge < -0.3 is 25.8 Å². The number of thioether (sulfide) groups is 1. The average Bonchev–Trinajstić information content (AvgIpc) is 3.06. The molecule has 2 aliphatic rings. The van der Waals surface area contributed by atoms with Gasteiger partial charge in [0.05, 0.1) is 5.75 Å². The molecule has 0 spiro atoms. The number of amides is 4. The first-order valence-electron chi connectivity index (χ1n) is 12.4. The molecule has 0 bridgehead atoms. The standard InChI is InChI=1S/C25H32ClN7O3S/c1-16-6-5-7-18(12-16)28-25(36)33-11-10-32(14-17(33)2)21-13-20(26)30-24(31-21)37-15-22(34)29-19-8-3-4-9-27-23(19)35/h5-7,12-13,17,19H,3-4,8-11,14-15H2,1-2H3,(H,27,35)(H,28,36)(H,29,34)/t17-,19-/m1/s1. The molecular formula is C25H32ClN7O3S. The van der Waals surface area contributed by atoms with Crippen molar-refractivity contribution < 1.29 is 14.4 Å². The Morgan fingerprint density at radius 2 is 2.05 bits per heavy atom. The van der Waals surface area contributed by atoms with Crippen LogP contribution in [0.4, 0.5) is 16.3 Å². The van der Waals surface area contributed by atoms with E-state index < -0.39 is 6.04 Å². The smallest absolute Gasteiger partial charge is 0.322 e. The van der Waals surface area contributed by atoms with Crippen LogP contribution in [0, 0.1) is 6.92 Å². The van der Waals surface area contributed by atoms with E-state index in [0.29, 0.717) is 43.6 Å². The van der Waals surface area contributed by atoms with Crippen molar-refractivity contribution in [1.29, 1.82) is 0 Å². The highest BCUT2D eigenvalue weighted by molar-refractivity contribution is 7.99. The lowest BCUT2D eigenvalue weighted by Crippen LogP contribution is -2.55. The largest absolute Gasteiger partial charge is 0.354 e. The molecule has 2 aromatic rings. The molecule has 1 aromatic carbocycles. The maximum absolute atomic E-state index is 12.9. The number of urea groups is 1. The molecule has 1 aromatic heterocycles. The average molecular weight is 546 g/mol. The van der Waals surface area contributed by atoms with Gasteiger partial charge in [-0.3, -0.25) is 9.59 Å². The summed E-state index contributed by atoms with van der Waals surface area (Å²) in [6.45, 7) is 6.31. The number of benzene rings is 1. The van der Waals surface area contributed by atoms with Crippen molar-refractivity contribution in [2.75, 3.05) is 42.1 Å². The number of piperazine rings is 1. The number of aromatic nitrogens is 2. The van der Waals surface area contributed by atoms with Gasteiger partial charge in [0.1, 0.15) is 17.0 Å². The van der Waals surface area contributed by atoms with Gasteiger partial charge in [-0.05, 0) is 50.8 Å². The molecule has 10 nitrogen and oxygen atoms in total. The normalized spacial score (nSPS) is 20.1. The van der Waals surface area contributed by atoms with E-state index in [0.717, 1.165) is 24.1 Å². The molecule has 2 saturated heterocycles. The van der Waals surface area contributed by atoms with Crippen molar-refractivity contribution in [1.82, 2.24) is 25.5 Å². The van der Waals surface area contributed by atoms with Crippen molar-refractivity contribution in [3.63, 3.8) is 0 Å². The third-order valence-electron chi connectivity index (χ3n) is 6.35. The lowest BCUT2D eigenvalue weighted by Gasteiger charge is -2.40. The summed E-state index contributed by atoms with van der Waals surface area (Å²) in [6.07, 6.45) is 2.43. The quantitative estimate of drug-likeness (QED) is 0.290.